The number of hydrogen-bond acceptors (Lipinski definition) is 7. The number of ether oxygens (including phenoxy) is 1. The molecular weight excluding hydrogens is 440 g/mol. The van der Waals surface area contributed by atoms with E-state index in [0.29, 0.717) is 48.1 Å². The quantitative estimate of drug-likeness (QED) is 0.196. The van der Waals surface area contributed by atoms with Gasteiger partial charge in [0.05, 0.1) is 12.4 Å². The number of carbonyl (C=O) groups is 3. The Kier molecular flexibility index (Phi) is 6.88. The molecule has 0 aliphatic carbocycles. The van der Waals surface area contributed by atoms with Crippen LogP contribution in [0.25, 0.3) is 10.8 Å². The maximum absolute atomic E-state index is 13.0. The van der Waals surface area contributed by atoms with Crippen molar-refractivity contribution in [2.75, 3.05) is 18.9 Å². The van der Waals surface area contributed by atoms with Gasteiger partial charge in [0, 0.05) is 36.0 Å². The van der Waals surface area contributed by atoms with Crippen LogP contribution in [-0.4, -0.2) is 56.4 Å². The van der Waals surface area contributed by atoms with Crippen LogP contribution in [0, 0.1) is 0 Å². The normalized spacial score (nSPS) is 12.9. The van der Waals surface area contributed by atoms with Crippen LogP contribution in [-0.2, 0) is 22.5 Å². The van der Waals surface area contributed by atoms with Crippen LogP contribution in [0.1, 0.15) is 39.9 Å². The minimum absolute atomic E-state index is 0.144. The first kappa shape index (κ1) is 22.7. The van der Waals surface area contributed by atoms with Gasteiger partial charge >= 0.3 is 5.97 Å². The molecule has 2 aromatic carbocycles. The van der Waals surface area contributed by atoms with Crippen molar-refractivity contribution in [1.29, 1.82) is 0 Å². The van der Waals surface area contributed by atoms with E-state index >= 15 is 0 Å². The lowest BCUT2D eigenvalue weighted by atomic mass is 9.94. The van der Waals surface area contributed by atoms with Gasteiger partial charge < -0.3 is 9.30 Å². The van der Waals surface area contributed by atoms with Gasteiger partial charge in [0.25, 0.3) is 11.8 Å². The van der Waals surface area contributed by atoms with Gasteiger partial charge in [-0.1, -0.05) is 42.1 Å². The van der Waals surface area contributed by atoms with Gasteiger partial charge in [0.2, 0.25) is 0 Å². The summed E-state index contributed by atoms with van der Waals surface area (Å²) >= 11 is 1.26. The number of rotatable bonds is 10. The maximum atomic E-state index is 13.0. The number of nitrogens with zero attached hydrogens (tertiary/aromatic N) is 4. The van der Waals surface area contributed by atoms with Gasteiger partial charge in [0.1, 0.15) is 5.82 Å². The molecule has 170 valence electrons. The van der Waals surface area contributed by atoms with E-state index in [4.69, 9.17) is 4.74 Å². The molecule has 0 bridgehead atoms. The number of aromatic nitrogens is 3. The molecule has 0 radical (unpaired) electrons. The summed E-state index contributed by atoms with van der Waals surface area (Å²) in [7, 11) is 0. The van der Waals surface area contributed by atoms with Crippen LogP contribution >= 0.6 is 11.8 Å². The minimum atomic E-state index is -0.311. The minimum Gasteiger partial charge on any atom is -0.465 e. The molecule has 2 heterocycles. The largest absolute Gasteiger partial charge is 0.465 e. The Morgan fingerprint density at radius 2 is 1.82 bits per heavy atom. The maximum Gasteiger partial charge on any atom is 0.316 e. The Bertz CT molecular complexity index is 1190. The number of benzene rings is 2. The molecule has 3 aromatic rings. The molecule has 0 spiro atoms. The lowest BCUT2D eigenvalue weighted by Gasteiger charge is -2.27. The van der Waals surface area contributed by atoms with Crippen LogP contribution in [0.4, 0.5) is 0 Å². The van der Waals surface area contributed by atoms with Crippen molar-refractivity contribution in [1.82, 2.24) is 19.7 Å². The Hall–Kier alpha value is -3.46. The molecule has 0 saturated carbocycles. The van der Waals surface area contributed by atoms with Gasteiger partial charge in [-0.15, -0.1) is 16.8 Å². The van der Waals surface area contributed by atoms with Crippen LogP contribution < -0.4 is 0 Å². The van der Waals surface area contributed by atoms with Gasteiger partial charge in [-0.25, -0.2) is 0 Å². The summed E-state index contributed by atoms with van der Waals surface area (Å²) < 4.78 is 6.84. The van der Waals surface area contributed by atoms with Crippen LogP contribution in [0.2, 0.25) is 0 Å². The molecule has 1 aromatic heterocycles. The third-order valence-corrected chi connectivity index (χ3v) is 6.31. The molecule has 0 atom stereocenters. The van der Waals surface area contributed by atoms with Crippen molar-refractivity contribution >= 4 is 40.3 Å². The highest BCUT2D eigenvalue weighted by Gasteiger charge is 2.32. The lowest BCUT2D eigenvalue weighted by Crippen LogP contribution is -2.41. The van der Waals surface area contributed by atoms with Crippen molar-refractivity contribution in [2.45, 2.75) is 31.5 Å². The molecule has 1 aliphatic heterocycles. The average Bonchev–Trinajstić information content (AvgIpc) is 3.20. The highest BCUT2D eigenvalue weighted by Crippen LogP contribution is 2.30. The first-order chi connectivity index (χ1) is 16.0. The van der Waals surface area contributed by atoms with Crippen molar-refractivity contribution in [2.24, 2.45) is 0 Å². The summed E-state index contributed by atoms with van der Waals surface area (Å²) in [6.45, 7) is 6.64. The fourth-order valence-corrected chi connectivity index (χ4v) is 4.69. The summed E-state index contributed by atoms with van der Waals surface area (Å²) in [6.07, 6.45) is 2.79. The zero-order chi connectivity index (χ0) is 23.4. The molecule has 2 amide bonds. The lowest BCUT2D eigenvalue weighted by molar-refractivity contribution is -0.139. The van der Waals surface area contributed by atoms with E-state index in [1.807, 2.05) is 28.8 Å². The van der Waals surface area contributed by atoms with E-state index in [0.717, 1.165) is 10.8 Å². The number of hydrogen-bond donors (Lipinski definition) is 0. The fraction of sp³-hybridized carbons (Fsp3) is 0.292. The second kappa shape index (κ2) is 9.99. The molecular formula is C24H24N4O4S. The van der Waals surface area contributed by atoms with Gasteiger partial charge in [-0.2, -0.15) is 0 Å². The second-order valence-electron chi connectivity index (χ2n) is 7.47. The third kappa shape index (κ3) is 4.54. The Morgan fingerprint density at radius 3 is 2.45 bits per heavy atom. The highest BCUT2D eigenvalue weighted by molar-refractivity contribution is 7.99. The summed E-state index contributed by atoms with van der Waals surface area (Å²) in [4.78, 5) is 39.1. The van der Waals surface area contributed by atoms with E-state index in [2.05, 4.69) is 16.8 Å². The van der Waals surface area contributed by atoms with Crippen LogP contribution in [0.5, 0.6) is 0 Å². The van der Waals surface area contributed by atoms with Crippen molar-refractivity contribution < 1.29 is 19.1 Å². The molecule has 4 rings (SSSR count). The first-order valence-electron chi connectivity index (χ1n) is 10.7. The summed E-state index contributed by atoms with van der Waals surface area (Å²) in [6, 6.07) is 11.0. The summed E-state index contributed by atoms with van der Waals surface area (Å²) in [5.74, 6) is -0.00873. The standard InChI is InChI=1S/C24H24N4O4S/c1-3-13-27-19(25-26-24(27)33-15-20(29)32-4-2)12-7-14-28-22(30)17-10-5-8-16-9-6-11-18(21(16)17)23(28)31/h3,5-6,8-11H,1,4,7,12-15H2,2H3. The summed E-state index contributed by atoms with van der Waals surface area (Å²) in [5, 5.41) is 10.7. The van der Waals surface area contributed by atoms with Crippen LogP contribution in [0.15, 0.2) is 54.2 Å². The predicted octanol–water partition coefficient (Wildman–Crippen LogP) is 3.50. The predicted molar refractivity (Wildman–Crippen MR) is 125 cm³/mol. The molecule has 8 nitrogen and oxygen atoms in total. The van der Waals surface area contributed by atoms with E-state index in [1.165, 1.54) is 16.7 Å². The monoisotopic (exact) mass is 464 g/mol. The Labute approximate surface area is 195 Å². The van der Waals surface area contributed by atoms with Gasteiger partial charge in [-0.3, -0.25) is 19.3 Å². The molecule has 9 heteroatoms. The smallest absolute Gasteiger partial charge is 0.316 e. The topological polar surface area (TPSA) is 94.4 Å². The van der Waals surface area contributed by atoms with E-state index < -0.39 is 0 Å². The second-order valence-corrected chi connectivity index (χ2v) is 8.41. The first-order valence-corrected chi connectivity index (χ1v) is 11.7. The van der Waals surface area contributed by atoms with E-state index in [1.54, 1.807) is 25.1 Å². The molecule has 0 unspecified atom stereocenters. The van der Waals surface area contributed by atoms with E-state index in [-0.39, 0.29) is 30.1 Å². The van der Waals surface area contributed by atoms with Gasteiger partial charge in [0.15, 0.2) is 5.16 Å². The summed E-state index contributed by atoms with van der Waals surface area (Å²) in [5.41, 5.74) is 1.10. The van der Waals surface area contributed by atoms with Crippen molar-refractivity contribution in [3.05, 3.63) is 66.0 Å². The number of imide groups is 1. The highest BCUT2D eigenvalue weighted by atomic mass is 32.2. The number of carbonyl (C=O) groups excluding carboxylic acids is 3. The third-order valence-electron chi connectivity index (χ3n) is 5.37. The van der Waals surface area contributed by atoms with E-state index in [9.17, 15) is 14.4 Å². The van der Waals surface area contributed by atoms with Gasteiger partial charge in [-0.05, 0) is 30.9 Å². The Balaban J connectivity index is 1.45. The molecule has 33 heavy (non-hydrogen) atoms. The molecule has 1 aliphatic rings. The number of thioether (sulfide) groups is 1. The number of esters is 1. The molecule has 0 fully saturated rings. The molecule has 0 saturated heterocycles. The van der Waals surface area contributed by atoms with Crippen molar-refractivity contribution in [3.8, 4) is 0 Å². The number of aryl methyl sites for hydroxylation is 1. The Morgan fingerprint density at radius 1 is 1.12 bits per heavy atom. The van der Waals surface area contributed by atoms with Crippen LogP contribution in [0.3, 0.4) is 0 Å². The number of amides is 2. The van der Waals surface area contributed by atoms with Crippen molar-refractivity contribution in [3.63, 3.8) is 0 Å². The SMILES string of the molecule is C=CCn1c(CCCN2C(=O)c3cccc4cccc(c34)C2=O)nnc1SCC(=O)OCC. The zero-order valence-electron chi connectivity index (χ0n) is 18.3. The fourth-order valence-electron chi connectivity index (χ4n) is 3.93. The average molecular weight is 465 g/mol. The molecule has 0 N–H and O–H groups in total. The number of allylic oxidation sites excluding steroid dienone is 1. The zero-order valence-corrected chi connectivity index (χ0v) is 19.1.